The van der Waals surface area contributed by atoms with Crippen LogP contribution >= 0.6 is 0 Å². The lowest BCUT2D eigenvalue weighted by Crippen LogP contribution is -2.49. The summed E-state index contributed by atoms with van der Waals surface area (Å²) in [6, 6.07) is 16.2. The Labute approximate surface area is 210 Å². The number of benzene rings is 2. The molecule has 1 saturated carbocycles. The van der Waals surface area contributed by atoms with Crippen molar-refractivity contribution in [2.45, 2.75) is 51.4 Å². The lowest BCUT2D eigenvalue weighted by atomic mass is 9.73. The molecule has 3 aliphatic rings. The number of para-hydroxylation sites is 2. The summed E-state index contributed by atoms with van der Waals surface area (Å²) in [7, 11) is 1.64. The van der Waals surface area contributed by atoms with Crippen LogP contribution in [0, 0.1) is 11.3 Å². The van der Waals surface area contributed by atoms with Gasteiger partial charge in [-0.15, -0.1) is 0 Å². The van der Waals surface area contributed by atoms with Gasteiger partial charge >= 0.3 is 0 Å². The maximum Gasteiger partial charge on any atom is 0.257 e. The van der Waals surface area contributed by atoms with Gasteiger partial charge in [0.05, 0.1) is 12.7 Å². The molecule has 2 fully saturated rings. The minimum absolute atomic E-state index is 0.102. The largest absolute Gasteiger partial charge is 0.496 e. The van der Waals surface area contributed by atoms with Crippen molar-refractivity contribution in [1.82, 2.24) is 9.80 Å². The summed E-state index contributed by atoms with van der Waals surface area (Å²) in [5, 5.41) is 0. The van der Waals surface area contributed by atoms with Crippen LogP contribution in [0.3, 0.4) is 0 Å². The van der Waals surface area contributed by atoms with Crippen LogP contribution in [0.1, 0.15) is 60.9 Å². The molecule has 0 atom stereocenters. The Morgan fingerprint density at radius 3 is 2.57 bits per heavy atom. The Hall–Kier alpha value is -2.53. The highest BCUT2D eigenvalue weighted by molar-refractivity contribution is 5.97. The molecule has 2 aromatic carbocycles. The topological polar surface area (TPSA) is 42.0 Å². The third kappa shape index (κ3) is 6.00. The van der Waals surface area contributed by atoms with E-state index in [1.54, 1.807) is 7.11 Å². The number of carbonyl (C=O) groups excluding carboxylic acids is 1. The maximum atomic E-state index is 13.3. The van der Waals surface area contributed by atoms with Crippen molar-refractivity contribution < 1.29 is 14.3 Å². The average molecular weight is 477 g/mol. The van der Waals surface area contributed by atoms with Crippen molar-refractivity contribution in [1.29, 1.82) is 0 Å². The normalized spacial score (nSPS) is 21.3. The van der Waals surface area contributed by atoms with Gasteiger partial charge in [0, 0.05) is 32.7 Å². The molecule has 5 heteroatoms. The Kier molecular flexibility index (Phi) is 7.62. The number of fused-ring (bicyclic) bond motifs is 1. The Morgan fingerprint density at radius 1 is 1.00 bits per heavy atom. The van der Waals surface area contributed by atoms with Crippen molar-refractivity contribution in [3.8, 4) is 11.5 Å². The van der Waals surface area contributed by atoms with Crippen LogP contribution in [0.15, 0.2) is 48.5 Å². The lowest BCUT2D eigenvalue weighted by Gasteiger charge is -2.45. The number of methoxy groups -OCH3 is 1. The number of aryl methyl sites for hydroxylation is 1. The number of hydrogen-bond acceptors (Lipinski definition) is 4. The molecule has 1 aliphatic carbocycles. The Morgan fingerprint density at radius 2 is 1.77 bits per heavy atom. The number of amides is 1. The number of likely N-dealkylation sites (tertiary alicyclic amines) is 1. The second kappa shape index (κ2) is 11.0. The molecule has 35 heavy (non-hydrogen) atoms. The first-order valence-corrected chi connectivity index (χ1v) is 13.5. The molecule has 0 radical (unpaired) electrons. The van der Waals surface area contributed by atoms with E-state index >= 15 is 0 Å². The molecule has 0 unspecified atom stereocenters. The molecule has 1 saturated heterocycles. The minimum Gasteiger partial charge on any atom is -0.496 e. The third-order valence-corrected chi connectivity index (χ3v) is 8.26. The van der Waals surface area contributed by atoms with E-state index in [-0.39, 0.29) is 11.3 Å². The third-order valence-electron chi connectivity index (χ3n) is 8.26. The van der Waals surface area contributed by atoms with Gasteiger partial charge in [-0.1, -0.05) is 36.8 Å². The summed E-state index contributed by atoms with van der Waals surface area (Å²) in [4.78, 5) is 18.0. The molecule has 5 rings (SSSR count). The summed E-state index contributed by atoms with van der Waals surface area (Å²) in [5.41, 5.74) is 2.30. The fraction of sp³-hybridized carbons (Fsp3) is 0.567. The van der Waals surface area contributed by atoms with E-state index in [9.17, 15) is 4.79 Å². The van der Waals surface area contributed by atoms with Crippen LogP contribution in [-0.4, -0.2) is 62.1 Å². The predicted octanol–water partition coefficient (Wildman–Crippen LogP) is 5.44. The number of hydrogen-bond donors (Lipinski definition) is 0. The van der Waals surface area contributed by atoms with E-state index in [4.69, 9.17) is 9.47 Å². The van der Waals surface area contributed by atoms with Crippen LogP contribution in [0.4, 0.5) is 0 Å². The Bertz CT molecular complexity index is 995. The van der Waals surface area contributed by atoms with Crippen LogP contribution in [0.5, 0.6) is 11.5 Å². The molecule has 2 aromatic rings. The molecular formula is C30H40N2O3. The Balaban J connectivity index is 1.29. The summed E-state index contributed by atoms with van der Waals surface area (Å²) < 4.78 is 11.7. The van der Waals surface area contributed by atoms with Gasteiger partial charge in [-0.25, -0.2) is 0 Å². The molecule has 5 nitrogen and oxygen atoms in total. The lowest BCUT2D eigenvalue weighted by molar-refractivity contribution is 0.0366. The van der Waals surface area contributed by atoms with Crippen molar-refractivity contribution in [3.63, 3.8) is 0 Å². The second-order valence-corrected chi connectivity index (χ2v) is 10.8. The number of nitrogens with zero attached hydrogens (tertiary/aromatic N) is 2. The van der Waals surface area contributed by atoms with E-state index in [0.717, 1.165) is 63.7 Å². The number of ether oxygens (including phenoxy) is 2. The van der Waals surface area contributed by atoms with E-state index in [1.165, 1.54) is 44.2 Å². The summed E-state index contributed by atoms with van der Waals surface area (Å²) in [5.74, 6) is 2.70. The second-order valence-electron chi connectivity index (χ2n) is 10.8. The fourth-order valence-electron chi connectivity index (χ4n) is 5.99. The molecular weight excluding hydrogens is 436 g/mol. The quantitative estimate of drug-likeness (QED) is 0.590. The van der Waals surface area contributed by atoms with Crippen molar-refractivity contribution in [3.05, 3.63) is 59.7 Å². The van der Waals surface area contributed by atoms with Gasteiger partial charge < -0.3 is 14.4 Å². The molecule has 2 heterocycles. The first-order chi connectivity index (χ1) is 17.2. The molecule has 1 spiro atoms. The van der Waals surface area contributed by atoms with Crippen LogP contribution in [0.2, 0.25) is 0 Å². The standard InChI is InChI=1S/C30H40N2O3/c1-34-28-12-5-3-10-26(28)29(33)32-18-16-30(17-19-32)15-7-6-9-25-8-2-4-11-27(25)35-21-20-31(23-30)22-24-13-14-24/h2-5,8,10-12,24H,6-7,9,13-23H2,1H3. The zero-order valence-corrected chi connectivity index (χ0v) is 21.2. The molecule has 0 bridgehead atoms. The van der Waals surface area contributed by atoms with E-state index in [0.29, 0.717) is 11.3 Å². The SMILES string of the molecule is COc1ccccc1C(=O)N1CCC2(CCCCc3ccccc3OCCN(CC3CC3)C2)CC1. The van der Waals surface area contributed by atoms with Crippen LogP contribution in [0.25, 0.3) is 0 Å². The highest BCUT2D eigenvalue weighted by Gasteiger charge is 2.38. The highest BCUT2D eigenvalue weighted by atomic mass is 16.5. The van der Waals surface area contributed by atoms with E-state index in [1.807, 2.05) is 29.2 Å². The van der Waals surface area contributed by atoms with Crippen LogP contribution in [-0.2, 0) is 6.42 Å². The number of carbonyl (C=O) groups is 1. The van der Waals surface area contributed by atoms with Gasteiger partial charge in [0.25, 0.3) is 5.91 Å². The van der Waals surface area contributed by atoms with Crippen molar-refractivity contribution in [2.24, 2.45) is 11.3 Å². The highest BCUT2D eigenvalue weighted by Crippen LogP contribution is 2.40. The van der Waals surface area contributed by atoms with E-state index < -0.39 is 0 Å². The molecule has 188 valence electrons. The summed E-state index contributed by atoms with van der Waals surface area (Å²) in [6.45, 7) is 5.71. The van der Waals surface area contributed by atoms with Gasteiger partial charge in [-0.2, -0.15) is 0 Å². The van der Waals surface area contributed by atoms with Gasteiger partial charge in [-0.05, 0) is 80.0 Å². The smallest absolute Gasteiger partial charge is 0.257 e. The van der Waals surface area contributed by atoms with Crippen molar-refractivity contribution in [2.75, 3.05) is 46.4 Å². The molecule has 0 N–H and O–H groups in total. The summed E-state index contributed by atoms with van der Waals surface area (Å²) >= 11 is 0. The minimum atomic E-state index is 0.102. The van der Waals surface area contributed by atoms with Crippen molar-refractivity contribution >= 4 is 5.91 Å². The first kappa shape index (κ1) is 24.2. The zero-order chi connectivity index (χ0) is 24.1. The molecule has 2 aliphatic heterocycles. The number of piperidine rings is 1. The fourth-order valence-corrected chi connectivity index (χ4v) is 5.99. The van der Waals surface area contributed by atoms with Gasteiger partial charge in [-0.3, -0.25) is 9.69 Å². The monoisotopic (exact) mass is 476 g/mol. The average Bonchev–Trinajstić information content (AvgIpc) is 3.71. The first-order valence-electron chi connectivity index (χ1n) is 13.5. The number of rotatable bonds is 4. The van der Waals surface area contributed by atoms with Crippen LogP contribution < -0.4 is 9.47 Å². The van der Waals surface area contributed by atoms with Gasteiger partial charge in [0.1, 0.15) is 18.1 Å². The zero-order valence-electron chi connectivity index (χ0n) is 21.2. The predicted molar refractivity (Wildman–Crippen MR) is 139 cm³/mol. The van der Waals surface area contributed by atoms with Gasteiger partial charge in [0.15, 0.2) is 0 Å². The van der Waals surface area contributed by atoms with E-state index in [2.05, 4.69) is 29.2 Å². The molecule has 1 amide bonds. The maximum absolute atomic E-state index is 13.3. The summed E-state index contributed by atoms with van der Waals surface area (Å²) in [6.07, 6.45) is 9.63. The van der Waals surface area contributed by atoms with Gasteiger partial charge in [0.2, 0.25) is 0 Å². The molecule has 0 aromatic heterocycles.